The van der Waals surface area contributed by atoms with Gasteiger partial charge in [-0.15, -0.1) is 0 Å². The molecule has 0 aliphatic carbocycles. The van der Waals surface area contributed by atoms with Gasteiger partial charge in [0.2, 0.25) is 0 Å². The maximum atomic E-state index is 12.1. The first kappa shape index (κ1) is 12.1. The van der Waals surface area contributed by atoms with Gasteiger partial charge in [-0.2, -0.15) is 4.98 Å². The number of likely N-dealkylation sites (tertiary alicyclic amines) is 1. The monoisotopic (exact) mass is 237 g/mol. The minimum absolute atomic E-state index is 0.128. The number of hydrogen-bond donors (Lipinski definition) is 0. The van der Waals surface area contributed by atoms with Gasteiger partial charge in [0.1, 0.15) is 0 Å². The number of carbonyl (C=O) groups is 1. The molecule has 1 amide bonds. The number of hydrogen-bond acceptors (Lipinski definition) is 4. The van der Waals surface area contributed by atoms with E-state index in [2.05, 4.69) is 17.1 Å². The largest absolute Gasteiger partial charge is 0.334 e. The topological polar surface area (TPSA) is 59.2 Å². The number of carbonyl (C=O) groups excluding carboxylic acids is 1. The molecule has 1 aromatic rings. The first-order valence-corrected chi connectivity index (χ1v) is 6.20. The molecule has 5 nitrogen and oxygen atoms in total. The highest BCUT2D eigenvalue weighted by atomic mass is 16.5. The lowest BCUT2D eigenvalue weighted by molar-refractivity contribution is 0.0647. The van der Waals surface area contributed by atoms with Gasteiger partial charge in [-0.05, 0) is 18.8 Å². The molecule has 0 spiro atoms. The van der Waals surface area contributed by atoms with Crippen molar-refractivity contribution in [2.75, 3.05) is 13.1 Å². The maximum absolute atomic E-state index is 12.1. The van der Waals surface area contributed by atoms with E-state index in [1.54, 1.807) is 4.90 Å². The Balaban J connectivity index is 2.03. The van der Waals surface area contributed by atoms with E-state index in [-0.39, 0.29) is 17.7 Å². The molecule has 1 aliphatic rings. The van der Waals surface area contributed by atoms with Crippen molar-refractivity contribution in [1.82, 2.24) is 15.0 Å². The maximum Gasteiger partial charge on any atom is 0.316 e. The van der Waals surface area contributed by atoms with Crippen molar-refractivity contribution < 1.29 is 9.32 Å². The first-order valence-electron chi connectivity index (χ1n) is 6.20. The second kappa shape index (κ2) is 4.85. The first-order chi connectivity index (χ1) is 8.08. The van der Waals surface area contributed by atoms with Crippen LogP contribution >= 0.6 is 0 Å². The summed E-state index contributed by atoms with van der Waals surface area (Å²) in [6.07, 6.45) is 2.10. The lowest BCUT2D eigenvalue weighted by atomic mass is 9.99. The molecule has 0 aromatic carbocycles. The Morgan fingerprint density at radius 3 is 2.59 bits per heavy atom. The molecule has 5 heteroatoms. The fourth-order valence-electron chi connectivity index (χ4n) is 1.90. The third-order valence-electron chi connectivity index (χ3n) is 3.21. The molecule has 2 rings (SSSR count). The molecular weight excluding hydrogens is 218 g/mol. The molecule has 1 saturated heterocycles. The van der Waals surface area contributed by atoms with Gasteiger partial charge in [0, 0.05) is 19.0 Å². The predicted molar refractivity (Wildman–Crippen MR) is 62.7 cm³/mol. The molecule has 1 aromatic heterocycles. The Bertz CT molecular complexity index is 392. The van der Waals surface area contributed by atoms with Crippen LogP contribution in [0.4, 0.5) is 0 Å². The second-order valence-electron chi connectivity index (χ2n) is 5.09. The molecule has 1 fully saturated rings. The lowest BCUT2D eigenvalue weighted by Gasteiger charge is -2.28. The van der Waals surface area contributed by atoms with Crippen LogP contribution in [0.15, 0.2) is 4.52 Å². The molecule has 0 bridgehead atoms. The summed E-state index contributed by atoms with van der Waals surface area (Å²) in [4.78, 5) is 18.0. The third kappa shape index (κ3) is 2.65. The molecule has 0 saturated carbocycles. The molecule has 0 N–H and O–H groups in total. The highest BCUT2D eigenvalue weighted by molar-refractivity contribution is 5.89. The summed E-state index contributed by atoms with van der Waals surface area (Å²) in [5, 5.41) is 3.81. The number of aromatic nitrogens is 2. The smallest absolute Gasteiger partial charge is 0.316 e. The fourth-order valence-corrected chi connectivity index (χ4v) is 1.90. The van der Waals surface area contributed by atoms with Gasteiger partial charge < -0.3 is 9.42 Å². The van der Waals surface area contributed by atoms with E-state index >= 15 is 0 Å². The van der Waals surface area contributed by atoms with Crippen LogP contribution in [0.2, 0.25) is 0 Å². The molecule has 2 heterocycles. The Labute approximate surface area is 101 Å². The van der Waals surface area contributed by atoms with Crippen LogP contribution in [0.5, 0.6) is 0 Å². The van der Waals surface area contributed by atoms with Gasteiger partial charge in [-0.3, -0.25) is 4.79 Å². The van der Waals surface area contributed by atoms with Crippen molar-refractivity contribution in [3.63, 3.8) is 0 Å². The van der Waals surface area contributed by atoms with Crippen molar-refractivity contribution >= 4 is 5.91 Å². The molecule has 94 valence electrons. The van der Waals surface area contributed by atoms with E-state index in [1.807, 2.05) is 13.8 Å². The van der Waals surface area contributed by atoms with E-state index in [0.717, 1.165) is 25.9 Å². The SMILES string of the molecule is CC1CCN(C(=O)c2nc(C(C)C)no2)CC1. The predicted octanol–water partition coefficient (Wildman–Crippen LogP) is 2.07. The Morgan fingerprint density at radius 2 is 2.06 bits per heavy atom. The summed E-state index contributed by atoms with van der Waals surface area (Å²) in [6, 6.07) is 0. The molecule has 17 heavy (non-hydrogen) atoms. The molecule has 0 radical (unpaired) electrons. The zero-order chi connectivity index (χ0) is 12.4. The molecule has 1 aliphatic heterocycles. The Hall–Kier alpha value is -1.39. The average molecular weight is 237 g/mol. The summed E-state index contributed by atoms with van der Waals surface area (Å²) in [7, 11) is 0. The van der Waals surface area contributed by atoms with Gasteiger partial charge in [-0.1, -0.05) is 25.9 Å². The van der Waals surface area contributed by atoms with E-state index in [9.17, 15) is 4.79 Å². The lowest BCUT2D eigenvalue weighted by Crippen LogP contribution is -2.38. The quantitative estimate of drug-likeness (QED) is 0.790. The number of rotatable bonds is 2. The number of nitrogens with zero attached hydrogens (tertiary/aromatic N) is 3. The standard InChI is InChI=1S/C12H19N3O2/c1-8(2)10-13-11(17-14-10)12(16)15-6-4-9(3)5-7-15/h8-9H,4-7H2,1-3H3. The van der Waals surface area contributed by atoms with Crippen LogP contribution in [-0.4, -0.2) is 34.0 Å². The second-order valence-corrected chi connectivity index (χ2v) is 5.09. The van der Waals surface area contributed by atoms with Crippen LogP contribution in [-0.2, 0) is 0 Å². The van der Waals surface area contributed by atoms with Gasteiger partial charge in [-0.25, -0.2) is 0 Å². The van der Waals surface area contributed by atoms with Gasteiger partial charge in [0.25, 0.3) is 0 Å². The van der Waals surface area contributed by atoms with Crippen molar-refractivity contribution in [3.05, 3.63) is 11.7 Å². The molecular formula is C12H19N3O2. The highest BCUT2D eigenvalue weighted by Crippen LogP contribution is 2.18. The fraction of sp³-hybridized carbons (Fsp3) is 0.750. The number of amides is 1. The van der Waals surface area contributed by atoms with Crippen molar-refractivity contribution in [3.8, 4) is 0 Å². The summed E-state index contributed by atoms with van der Waals surface area (Å²) in [6.45, 7) is 7.74. The van der Waals surface area contributed by atoms with Crippen molar-refractivity contribution in [2.45, 2.75) is 39.5 Å². The highest BCUT2D eigenvalue weighted by Gasteiger charge is 2.26. The summed E-state index contributed by atoms with van der Waals surface area (Å²) in [5.41, 5.74) is 0. The van der Waals surface area contributed by atoms with Crippen LogP contribution in [0.25, 0.3) is 0 Å². The van der Waals surface area contributed by atoms with Gasteiger partial charge in [0.15, 0.2) is 5.82 Å². The van der Waals surface area contributed by atoms with Crippen molar-refractivity contribution in [2.24, 2.45) is 5.92 Å². The summed E-state index contributed by atoms with van der Waals surface area (Å²) < 4.78 is 5.02. The molecule has 0 unspecified atom stereocenters. The zero-order valence-corrected chi connectivity index (χ0v) is 10.6. The Morgan fingerprint density at radius 1 is 1.41 bits per heavy atom. The summed E-state index contributed by atoms with van der Waals surface area (Å²) in [5.74, 6) is 1.48. The van der Waals surface area contributed by atoms with E-state index in [1.165, 1.54) is 0 Å². The third-order valence-corrected chi connectivity index (χ3v) is 3.21. The normalized spacial score (nSPS) is 17.8. The summed E-state index contributed by atoms with van der Waals surface area (Å²) >= 11 is 0. The molecule has 0 atom stereocenters. The van der Waals surface area contributed by atoms with Gasteiger partial charge in [0.05, 0.1) is 0 Å². The van der Waals surface area contributed by atoms with E-state index in [0.29, 0.717) is 11.7 Å². The van der Waals surface area contributed by atoms with Crippen LogP contribution in [0.1, 0.15) is 56.0 Å². The zero-order valence-electron chi connectivity index (χ0n) is 10.6. The van der Waals surface area contributed by atoms with Crippen LogP contribution in [0, 0.1) is 5.92 Å². The minimum atomic E-state index is -0.128. The van der Waals surface area contributed by atoms with Crippen molar-refractivity contribution in [1.29, 1.82) is 0 Å². The number of piperidine rings is 1. The van der Waals surface area contributed by atoms with E-state index in [4.69, 9.17) is 4.52 Å². The van der Waals surface area contributed by atoms with Gasteiger partial charge >= 0.3 is 11.8 Å². The van der Waals surface area contributed by atoms with Crippen LogP contribution < -0.4 is 0 Å². The minimum Gasteiger partial charge on any atom is -0.334 e. The Kier molecular flexibility index (Phi) is 3.45. The average Bonchev–Trinajstić information content (AvgIpc) is 2.78. The van der Waals surface area contributed by atoms with E-state index < -0.39 is 0 Å². The van der Waals surface area contributed by atoms with Crippen LogP contribution in [0.3, 0.4) is 0 Å².